The highest BCUT2D eigenvalue weighted by Gasteiger charge is 2.26. The Morgan fingerprint density at radius 2 is 1.39 bits per heavy atom. The Morgan fingerprint density at radius 3 is 1.92 bits per heavy atom. The Hall–Kier alpha value is -4.92. The molecule has 1 aliphatic rings. The lowest BCUT2D eigenvalue weighted by molar-refractivity contribution is -0.0328. The topological polar surface area (TPSA) is 44.5 Å². The average molecular weight is 821 g/mol. The summed E-state index contributed by atoms with van der Waals surface area (Å²) in [5, 5.41) is 10.7. The number of alkyl halides is 3. The summed E-state index contributed by atoms with van der Waals surface area (Å²) < 4.78 is 31.9. The first-order valence-corrected chi connectivity index (χ1v) is 21.8. The first kappa shape index (κ1) is 46.8. The molecule has 5 aromatic carbocycles. The predicted octanol–water partition coefficient (Wildman–Crippen LogP) is 15.1. The molecule has 1 saturated carbocycles. The molecule has 5 aromatic rings. The summed E-state index contributed by atoms with van der Waals surface area (Å²) in [5.74, 6) is 0.729. The van der Waals surface area contributed by atoms with E-state index < -0.39 is 17.5 Å². The van der Waals surface area contributed by atoms with Crippen molar-refractivity contribution in [1.29, 1.82) is 0 Å². The molecule has 0 aromatic heterocycles. The quantitative estimate of drug-likeness (QED) is 0.0704. The van der Waals surface area contributed by atoms with Crippen LogP contribution in [0.3, 0.4) is 0 Å². The Labute approximate surface area is 356 Å². The zero-order valence-electron chi connectivity index (χ0n) is 35.9. The minimum atomic E-state index is -4.26. The van der Waals surface area contributed by atoms with Crippen LogP contribution in [0.25, 0.3) is 10.8 Å². The molecule has 0 bridgehead atoms. The fraction of sp³-hybridized carbons (Fsp3) is 0.333. The Kier molecular flexibility index (Phi) is 17.8. The van der Waals surface area contributed by atoms with Crippen molar-refractivity contribution in [2.45, 2.75) is 91.6 Å². The van der Waals surface area contributed by atoms with Gasteiger partial charge in [0.2, 0.25) is 0 Å². The van der Waals surface area contributed by atoms with Gasteiger partial charge in [-0.3, -0.25) is 5.14 Å². The van der Waals surface area contributed by atoms with Gasteiger partial charge in [-0.1, -0.05) is 126 Å². The smallest absolute Gasteiger partial charge is 0.382 e. The van der Waals surface area contributed by atoms with E-state index in [9.17, 15) is 13.2 Å². The minimum absolute atomic E-state index is 0.0496. The Balaban J connectivity index is 0.000000882. The summed E-state index contributed by atoms with van der Waals surface area (Å²) in [6.07, 6.45) is 9.08. The number of nitrogens with zero attached hydrogens (tertiary/aromatic N) is 2. The van der Waals surface area contributed by atoms with Crippen molar-refractivity contribution >= 4 is 45.5 Å². The number of anilines is 4. The second kappa shape index (κ2) is 22.5. The third-order valence-corrected chi connectivity index (χ3v) is 11.2. The second-order valence-electron chi connectivity index (χ2n) is 14.8. The molecular formula is C51H63F3N4S. The normalized spacial score (nSPS) is 15.8. The lowest BCUT2D eigenvalue weighted by Crippen LogP contribution is -2.30. The monoisotopic (exact) mass is 820 g/mol. The van der Waals surface area contributed by atoms with Crippen LogP contribution in [0.5, 0.6) is 0 Å². The van der Waals surface area contributed by atoms with Gasteiger partial charge in [-0.05, 0) is 122 Å². The van der Waals surface area contributed by atoms with E-state index in [0.717, 1.165) is 30.0 Å². The molecule has 0 heterocycles. The fourth-order valence-corrected chi connectivity index (χ4v) is 8.10. The lowest BCUT2D eigenvalue weighted by atomic mass is 9.82. The predicted molar refractivity (Wildman–Crippen MR) is 252 cm³/mol. The molecule has 3 atom stereocenters. The van der Waals surface area contributed by atoms with Gasteiger partial charge in [0.25, 0.3) is 0 Å². The van der Waals surface area contributed by atoms with Gasteiger partial charge in [0, 0.05) is 70.8 Å². The van der Waals surface area contributed by atoms with E-state index in [1.54, 1.807) is 0 Å². The molecule has 0 spiro atoms. The number of hydrogen-bond donors (Lipinski definition) is 2. The molecule has 59 heavy (non-hydrogen) atoms. The Morgan fingerprint density at radius 1 is 0.831 bits per heavy atom. The molecule has 4 nitrogen and oxygen atoms in total. The van der Waals surface area contributed by atoms with Gasteiger partial charge in [-0.2, -0.15) is 13.2 Å². The SMILES string of the molecule is C=C/C=C(\C(=C)C)N(CC)c1ccc(C(c2ccc(N(CC)c3ccccc3C)cc2)c2ccc(NC3CCCCC3C)c3ccccc23)cc1.CC.NSC(F)(F)F. The van der Waals surface area contributed by atoms with Crippen molar-refractivity contribution in [3.05, 3.63) is 168 Å². The maximum absolute atomic E-state index is 10.6. The first-order chi connectivity index (χ1) is 28.4. The van der Waals surface area contributed by atoms with Crippen LogP contribution in [0.2, 0.25) is 0 Å². The van der Waals surface area contributed by atoms with E-state index in [-0.39, 0.29) is 5.92 Å². The van der Waals surface area contributed by atoms with Crippen LogP contribution in [0, 0.1) is 12.8 Å². The number of fused-ring (bicyclic) bond motifs is 1. The molecule has 0 aliphatic heterocycles. The number of likely N-dealkylation sites (N-methyl/N-ethyl adjacent to an activating group) is 1. The van der Waals surface area contributed by atoms with Crippen LogP contribution in [0.4, 0.5) is 35.9 Å². The van der Waals surface area contributed by atoms with Crippen LogP contribution in [0.1, 0.15) is 95.4 Å². The molecule has 314 valence electrons. The number of hydrogen-bond acceptors (Lipinski definition) is 5. The zero-order valence-corrected chi connectivity index (χ0v) is 36.8. The minimum Gasteiger partial charge on any atom is -0.382 e. The third kappa shape index (κ3) is 12.1. The van der Waals surface area contributed by atoms with E-state index in [0.29, 0.717) is 12.0 Å². The summed E-state index contributed by atoms with van der Waals surface area (Å²) in [4.78, 5) is 4.71. The summed E-state index contributed by atoms with van der Waals surface area (Å²) in [6, 6.07) is 41.3. The van der Waals surface area contributed by atoms with E-state index in [4.69, 9.17) is 0 Å². The number of benzene rings is 5. The largest absolute Gasteiger partial charge is 0.455 e. The van der Waals surface area contributed by atoms with Crippen molar-refractivity contribution < 1.29 is 13.2 Å². The van der Waals surface area contributed by atoms with Crippen molar-refractivity contribution in [1.82, 2.24) is 0 Å². The van der Waals surface area contributed by atoms with Crippen molar-refractivity contribution in [2.24, 2.45) is 11.1 Å². The van der Waals surface area contributed by atoms with Crippen LogP contribution >= 0.6 is 11.9 Å². The highest BCUT2D eigenvalue weighted by molar-refractivity contribution is 7.97. The van der Waals surface area contributed by atoms with Gasteiger partial charge in [-0.25, -0.2) is 0 Å². The number of rotatable bonds is 13. The van der Waals surface area contributed by atoms with Gasteiger partial charge in [0.15, 0.2) is 0 Å². The molecule has 3 N–H and O–H groups in total. The number of aryl methyl sites for hydroxylation is 1. The number of halogens is 3. The fourth-order valence-electron chi connectivity index (χ4n) is 8.10. The van der Waals surface area contributed by atoms with Crippen LogP contribution in [0.15, 0.2) is 146 Å². The van der Waals surface area contributed by atoms with Gasteiger partial charge in [-0.15, -0.1) is 0 Å². The van der Waals surface area contributed by atoms with Gasteiger partial charge < -0.3 is 15.1 Å². The summed E-state index contributed by atoms with van der Waals surface area (Å²) in [5.41, 5.74) is 7.84. The highest BCUT2D eigenvalue weighted by atomic mass is 32.2. The average Bonchev–Trinajstić information content (AvgIpc) is 3.25. The summed E-state index contributed by atoms with van der Waals surface area (Å²) >= 11 is -0.618. The maximum atomic E-state index is 10.6. The number of allylic oxidation sites excluding steroid dienone is 3. The molecule has 6 rings (SSSR count). The van der Waals surface area contributed by atoms with E-state index in [1.165, 1.54) is 75.8 Å². The molecule has 0 saturated heterocycles. The summed E-state index contributed by atoms with van der Waals surface area (Å²) in [7, 11) is 0. The van der Waals surface area contributed by atoms with Crippen molar-refractivity contribution in [2.75, 3.05) is 28.2 Å². The molecule has 3 unspecified atom stereocenters. The van der Waals surface area contributed by atoms with E-state index in [1.807, 2.05) is 19.9 Å². The van der Waals surface area contributed by atoms with Crippen molar-refractivity contribution in [3.8, 4) is 0 Å². The van der Waals surface area contributed by atoms with Crippen LogP contribution < -0.4 is 20.3 Å². The molecule has 0 amide bonds. The lowest BCUT2D eigenvalue weighted by Gasteiger charge is -2.31. The molecular weight excluding hydrogens is 758 g/mol. The van der Waals surface area contributed by atoms with Gasteiger partial charge in [0.1, 0.15) is 0 Å². The van der Waals surface area contributed by atoms with Gasteiger partial charge in [0.05, 0.1) is 0 Å². The standard InChI is InChI=1S/C48H55N3.C2H6.CH2F3NS/c1-8-17-46(34(4)5)50(9-2)39-28-24-37(25-29-39)48(38-26-30-40(31-27-38)51(10-3)47-23-16-12-19-36(47)7)43-32-33-45(42-21-14-13-20-41(42)43)49-44-22-15-11-18-35(44)6;1-2;2-1(3,4)6-5/h8,12-14,16-17,19-21,23-33,35,44,48-49H,1,4,9-11,15,18,22H2,2-3,5-7H3;1-2H3;5H2/b46-17+;;. The Bertz CT molecular complexity index is 2120. The van der Waals surface area contributed by atoms with Gasteiger partial charge >= 0.3 is 5.51 Å². The highest BCUT2D eigenvalue weighted by Crippen LogP contribution is 2.41. The number of para-hydroxylation sites is 1. The van der Waals surface area contributed by atoms with Crippen molar-refractivity contribution in [3.63, 3.8) is 0 Å². The molecule has 1 aliphatic carbocycles. The molecule has 1 fully saturated rings. The van der Waals surface area contributed by atoms with E-state index in [2.05, 4.69) is 183 Å². The molecule has 8 heteroatoms. The number of nitrogens with two attached hydrogens (primary N) is 1. The van der Waals surface area contributed by atoms with E-state index >= 15 is 0 Å². The first-order valence-electron chi connectivity index (χ1n) is 20.9. The molecule has 0 radical (unpaired) electrons. The van der Waals surface area contributed by atoms with Crippen LogP contribution in [-0.2, 0) is 0 Å². The second-order valence-corrected chi connectivity index (χ2v) is 15.5. The summed E-state index contributed by atoms with van der Waals surface area (Å²) in [6.45, 7) is 25.0. The maximum Gasteiger partial charge on any atom is 0.455 e. The zero-order chi connectivity index (χ0) is 43.1. The van der Waals surface area contributed by atoms with Crippen LogP contribution in [-0.4, -0.2) is 24.6 Å². The number of nitrogens with one attached hydrogen (secondary N) is 1. The third-order valence-electron chi connectivity index (χ3n) is 11.0.